The van der Waals surface area contributed by atoms with E-state index < -0.39 is 17.7 Å². The minimum atomic E-state index is -0.671. The van der Waals surface area contributed by atoms with Crippen molar-refractivity contribution in [1.82, 2.24) is 5.32 Å². The van der Waals surface area contributed by atoms with Crippen molar-refractivity contribution in [1.29, 1.82) is 0 Å². The zero-order chi connectivity index (χ0) is 16.8. The Hall–Kier alpha value is -2.11. The van der Waals surface area contributed by atoms with E-state index in [1.54, 1.807) is 39.8 Å². The summed E-state index contributed by atoms with van der Waals surface area (Å²) < 4.78 is 23.0. The molecule has 1 rings (SSSR count). The Kier molecular flexibility index (Phi) is 6.34. The molecule has 0 bridgehead atoms. The first kappa shape index (κ1) is 17.9. The Labute approximate surface area is 129 Å². The molecule has 0 saturated carbocycles. The number of rotatable bonds is 5. The van der Waals surface area contributed by atoms with Crippen molar-refractivity contribution in [2.75, 3.05) is 6.54 Å². The lowest BCUT2D eigenvalue weighted by Gasteiger charge is -2.19. The Morgan fingerprint density at radius 1 is 1.23 bits per heavy atom. The quantitative estimate of drug-likeness (QED) is 0.849. The average Bonchev–Trinajstić information content (AvgIpc) is 2.37. The van der Waals surface area contributed by atoms with Crippen LogP contribution >= 0.6 is 0 Å². The van der Waals surface area contributed by atoms with Gasteiger partial charge in [-0.2, -0.15) is 0 Å². The maximum atomic E-state index is 12.8. The van der Waals surface area contributed by atoms with Gasteiger partial charge >= 0.3 is 12.1 Å². The summed E-state index contributed by atoms with van der Waals surface area (Å²) in [4.78, 5) is 23.0. The largest absolute Gasteiger partial charge is 0.461 e. The van der Waals surface area contributed by atoms with Gasteiger partial charge in [0.1, 0.15) is 24.1 Å². The van der Waals surface area contributed by atoms with E-state index in [1.807, 2.05) is 0 Å². The smallest absolute Gasteiger partial charge is 0.408 e. The number of alkyl carbamates (subject to hydrolysis) is 1. The second kappa shape index (κ2) is 7.77. The molecule has 0 aliphatic carbocycles. The van der Waals surface area contributed by atoms with Crippen LogP contribution in [-0.2, 0) is 20.7 Å². The first-order valence-corrected chi connectivity index (χ1v) is 7.06. The van der Waals surface area contributed by atoms with Crippen LogP contribution in [-0.4, -0.2) is 30.3 Å². The van der Waals surface area contributed by atoms with Crippen molar-refractivity contribution in [3.8, 4) is 0 Å². The number of carbonyl (C=O) groups is 2. The van der Waals surface area contributed by atoms with Crippen LogP contribution in [0.15, 0.2) is 24.3 Å². The number of hydrogen-bond donors (Lipinski definition) is 1. The summed E-state index contributed by atoms with van der Waals surface area (Å²) >= 11 is 0. The molecule has 0 saturated heterocycles. The predicted octanol–water partition coefficient (Wildman–Crippen LogP) is 2.82. The number of ether oxygens (including phenoxy) is 2. The molecule has 0 aliphatic heterocycles. The molecule has 1 aromatic carbocycles. The topological polar surface area (TPSA) is 64.6 Å². The lowest BCUT2D eigenvalue weighted by atomic mass is 10.1. The number of amides is 1. The van der Waals surface area contributed by atoms with Crippen LogP contribution in [0.4, 0.5) is 9.18 Å². The molecule has 122 valence electrons. The lowest BCUT2D eigenvalue weighted by Crippen LogP contribution is -2.36. The van der Waals surface area contributed by atoms with Gasteiger partial charge in [-0.15, -0.1) is 0 Å². The van der Waals surface area contributed by atoms with Crippen molar-refractivity contribution in [3.63, 3.8) is 0 Å². The highest BCUT2D eigenvalue weighted by atomic mass is 19.1. The molecule has 0 aromatic heterocycles. The molecule has 5 nitrogen and oxygen atoms in total. The minimum Gasteiger partial charge on any atom is -0.461 e. The summed E-state index contributed by atoms with van der Waals surface area (Å²) in [6.07, 6.45) is -0.576. The number of halogens is 1. The van der Waals surface area contributed by atoms with Crippen LogP contribution in [0.5, 0.6) is 0 Å². The van der Waals surface area contributed by atoms with Crippen LogP contribution in [0.1, 0.15) is 33.3 Å². The van der Waals surface area contributed by atoms with Crippen LogP contribution in [0.3, 0.4) is 0 Å². The molecule has 0 radical (unpaired) electrons. The third kappa shape index (κ3) is 7.61. The van der Waals surface area contributed by atoms with Gasteiger partial charge in [-0.25, -0.2) is 9.18 Å². The normalized spacial score (nSPS) is 12.4. The second-order valence-corrected chi connectivity index (χ2v) is 5.99. The molecular formula is C16H22FNO4. The summed E-state index contributed by atoms with van der Waals surface area (Å²) in [5, 5.41) is 2.33. The number of nitrogens with one attached hydrogen (secondary N) is 1. The Morgan fingerprint density at radius 2 is 1.82 bits per heavy atom. The van der Waals surface area contributed by atoms with E-state index in [2.05, 4.69) is 5.32 Å². The Balaban J connectivity index is 2.32. The van der Waals surface area contributed by atoms with Crippen LogP contribution in [0, 0.1) is 5.82 Å². The first-order valence-electron chi connectivity index (χ1n) is 7.06. The van der Waals surface area contributed by atoms with Gasteiger partial charge in [-0.1, -0.05) is 12.1 Å². The number of benzene rings is 1. The molecule has 0 heterocycles. The number of hydrogen-bond acceptors (Lipinski definition) is 4. The predicted molar refractivity (Wildman–Crippen MR) is 79.9 cm³/mol. The molecule has 6 heteroatoms. The summed E-state index contributed by atoms with van der Waals surface area (Å²) in [7, 11) is 0. The third-order valence-electron chi connectivity index (χ3n) is 2.54. The molecule has 0 aliphatic rings. The number of carbonyl (C=O) groups excluding carboxylic acids is 2. The molecule has 0 fully saturated rings. The fourth-order valence-electron chi connectivity index (χ4n) is 1.72. The monoisotopic (exact) mass is 311 g/mol. The SMILES string of the molecule is CC(Cc1ccc(F)cc1)OC(=O)CNC(=O)OC(C)(C)C. The van der Waals surface area contributed by atoms with Crippen LogP contribution in [0.25, 0.3) is 0 Å². The van der Waals surface area contributed by atoms with Crippen molar-refractivity contribution in [2.45, 2.75) is 45.8 Å². The lowest BCUT2D eigenvalue weighted by molar-refractivity contribution is -0.147. The molecule has 22 heavy (non-hydrogen) atoms. The fraction of sp³-hybridized carbons (Fsp3) is 0.500. The van der Waals surface area contributed by atoms with Crippen LogP contribution in [0.2, 0.25) is 0 Å². The van der Waals surface area contributed by atoms with E-state index in [0.717, 1.165) is 5.56 Å². The molecule has 1 aromatic rings. The van der Waals surface area contributed by atoms with Crippen molar-refractivity contribution in [3.05, 3.63) is 35.6 Å². The van der Waals surface area contributed by atoms with Crippen molar-refractivity contribution in [2.24, 2.45) is 0 Å². The van der Waals surface area contributed by atoms with Crippen molar-refractivity contribution >= 4 is 12.1 Å². The van der Waals surface area contributed by atoms with Gasteiger partial charge in [0, 0.05) is 6.42 Å². The van der Waals surface area contributed by atoms with Gasteiger partial charge in [0.05, 0.1) is 0 Å². The Bertz CT molecular complexity index is 508. The van der Waals surface area contributed by atoms with E-state index in [4.69, 9.17) is 9.47 Å². The summed E-state index contributed by atoms with van der Waals surface area (Å²) in [5.74, 6) is -0.865. The maximum absolute atomic E-state index is 12.8. The molecule has 0 spiro atoms. The highest BCUT2D eigenvalue weighted by Crippen LogP contribution is 2.08. The van der Waals surface area contributed by atoms with Gasteiger partial charge in [0.2, 0.25) is 0 Å². The van der Waals surface area contributed by atoms with Gasteiger partial charge in [-0.3, -0.25) is 4.79 Å². The molecule has 1 N–H and O–H groups in total. The number of esters is 1. The summed E-state index contributed by atoms with van der Waals surface area (Å²) in [5.41, 5.74) is 0.242. The maximum Gasteiger partial charge on any atom is 0.408 e. The van der Waals surface area contributed by atoms with E-state index in [0.29, 0.717) is 6.42 Å². The van der Waals surface area contributed by atoms with E-state index in [1.165, 1.54) is 12.1 Å². The highest BCUT2D eigenvalue weighted by Gasteiger charge is 2.17. The van der Waals surface area contributed by atoms with Crippen molar-refractivity contribution < 1.29 is 23.5 Å². The first-order chi connectivity index (χ1) is 10.2. The summed E-state index contributed by atoms with van der Waals surface area (Å²) in [6.45, 7) is 6.67. The fourth-order valence-corrected chi connectivity index (χ4v) is 1.72. The van der Waals surface area contributed by atoms with Gasteiger partial charge < -0.3 is 14.8 Å². The summed E-state index contributed by atoms with van der Waals surface area (Å²) in [6, 6.07) is 5.99. The average molecular weight is 311 g/mol. The molecule has 1 atom stereocenters. The van der Waals surface area contributed by atoms with Crippen LogP contribution < -0.4 is 5.32 Å². The van der Waals surface area contributed by atoms with E-state index in [9.17, 15) is 14.0 Å². The molecular weight excluding hydrogens is 289 g/mol. The molecule has 1 unspecified atom stereocenters. The van der Waals surface area contributed by atoms with Gasteiger partial charge in [0.25, 0.3) is 0 Å². The Morgan fingerprint density at radius 3 is 2.36 bits per heavy atom. The third-order valence-corrected chi connectivity index (χ3v) is 2.54. The minimum absolute atomic E-state index is 0.261. The van der Waals surface area contributed by atoms with E-state index in [-0.39, 0.29) is 18.5 Å². The zero-order valence-electron chi connectivity index (χ0n) is 13.3. The standard InChI is InChI=1S/C16H22FNO4/c1-11(9-12-5-7-13(17)8-6-12)21-14(19)10-18-15(20)22-16(2,3)4/h5-8,11H,9-10H2,1-4H3,(H,18,20). The van der Waals surface area contributed by atoms with Gasteiger partial charge in [0.15, 0.2) is 0 Å². The van der Waals surface area contributed by atoms with Gasteiger partial charge in [-0.05, 0) is 45.4 Å². The second-order valence-electron chi connectivity index (χ2n) is 5.99. The van der Waals surface area contributed by atoms with E-state index >= 15 is 0 Å². The highest BCUT2D eigenvalue weighted by molar-refractivity contribution is 5.78. The molecule has 1 amide bonds. The zero-order valence-corrected chi connectivity index (χ0v) is 13.3.